The summed E-state index contributed by atoms with van der Waals surface area (Å²) in [6, 6.07) is 0. The fourth-order valence-electron chi connectivity index (χ4n) is 2.10. The monoisotopic (exact) mass is 326 g/mol. The lowest BCUT2D eigenvalue weighted by Gasteiger charge is -2.43. The van der Waals surface area contributed by atoms with Crippen LogP contribution in [0.3, 0.4) is 0 Å². The van der Waals surface area contributed by atoms with Crippen LogP contribution < -0.4 is 0 Å². The van der Waals surface area contributed by atoms with Crippen LogP contribution in [-0.2, 0) is 28.5 Å². The van der Waals surface area contributed by atoms with E-state index in [1.807, 2.05) is 20.8 Å². The van der Waals surface area contributed by atoms with Crippen LogP contribution in [0.2, 0.25) is 0 Å². The summed E-state index contributed by atoms with van der Waals surface area (Å²) in [7, 11) is 0. The van der Waals surface area contributed by atoms with E-state index in [1.165, 1.54) is 0 Å². The summed E-state index contributed by atoms with van der Waals surface area (Å²) in [6.45, 7) is 14.0. The Morgan fingerprint density at radius 1 is 1.35 bits per heavy atom. The Kier molecular flexibility index (Phi) is 6.97. The molecule has 0 N–H and O–H groups in total. The minimum absolute atomic E-state index is 0.0770. The zero-order valence-electron chi connectivity index (χ0n) is 14.1. The number of hydrogen-bond donors (Lipinski definition) is 0. The molecular weight excluding hydrogens is 300 g/mol. The third kappa shape index (κ3) is 5.48. The largest absolute Gasteiger partial charge is 0.490 e. The Hall–Kier alpha value is -1.66. The number of aldehydes is 1. The molecule has 1 heterocycles. The summed E-state index contributed by atoms with van der Waals surface area (Å²) in [5, 5.41) is 0. The van der Waals surface area contributed by atoms with Crippen LogP contribution in [0.5, 0.6) is 0 Å². The Labute approximate surface area is 137 Å². The molecule has 0 atom stereocenters. The van der Waals surface area contributed by atoms with E-state index in [4.69, 9.17) is 18.9 Å². The number of esters is 1. The van der Waals surface area contributed by atoms with Crippen molar-refractivity contribution in [1.82, 2.24) is 0 Å². The van der Waals surface area contributed by atoms with E-state index < -0.39 is 17.7 Å². The van der Waals surface area contributed by atoms with Gasteiger partial charge in [-0.2, -0.15) is 0 Å². The topological polar surface area (TPSA) is 71.1 Å². The maximum atomic E-state index is 11.2. The van der Waals surface area contributed by atoms with Gasteiger partial charge >= 0.3 is 5.97 Å². The van der Waals surface area contributed by atoms with E-state index >= 15 is 0 Å². The molecule has 23 heavy (non-hydrogen) atoms. The van der Waals surface area contributed by atoms with E-state index in [1.54, 1.807) is 0 Å². The molecule has 130 valence electrons. The van der Waals surface area contributed by atoms with Gasteiger partial charge in [-0.1, -0.05) is 33.9 Å². The highest BCUT2D eigenvalue weighted by Gasteiger charge is 2.42. The van der Waals surface area contributed by atoms with Crippen molar-refractivity contribution in [3.05, 3.63) is 25.0 Å². The summed E-state index contributed by atoms with van der Waals surface area (Å²) < 4.78 is 22.1. The zero-order valence-corrected chi connectivity index (χ0v) is 14.1. The van der Waals surface area contributed by atoms with Crippen LogP contribution in [0.25, 0.3) is 0 Å². The van der Waals surface area contributed by atoms with Crippen molar-refractivity contribution in [2.75, 3.05) is 26.4 Å². The predicted octanol–water partition coefficient (Wildman–Crippen LogP) is 2.24. The Bertz CT molecular complexity index is 446. The molecule has 1 fully saturated rings. The molecule has 0 aromatic carbocycles. The van der Waals surface area contributed by atoms with Gasteiger partial charge in [0.1, 0.15) is 6.61 Å². The molecule has 0 aromatic heterocycles. The minimum atomic E-state index is -0.475. The van der Waals surface area contributed by atoms with E-state index in [0.717, 1.165) is 12.5 Å². The second kappa shape index (κ2) is 8.26. The highest BCUT2D eigenvalue weighted by Crippen LogP contribution is 2.35. The lowest BCUT2D eigenvalue weighted by Crippen LogP contribution is -2.50. The molecule has 1 saturated heterocycles. The fourth-order valence-corrected chi connectivity index (χ4v) is 2.10. The molecule has 6 heteroatoms. The molecule has 6 nitrogen and oxygen atoms in total. The van der Waals surface area contributed by atoms with Gasteiger partial charge in [0.2, 0.25) is 0 Å². The Morgan fingerprint density at radius 2 is 1.96 bits per heavy atom. The summed E-state index contributed by atoms with van der Waals surface area (Å²) in [4.78, 5) is 21.8. The van der Waals surface area contributed by atoms with Gasteiger partial charge in [0.05, 0.1) is 25.2 Å². The lowest BCUT2D eigenvalue weighted by atomic mass is 9.85. The van der Waals surface area contributed by atoms with Gasteiger partial charge in [-0.25, -0.2) is 4.79 Å². The van der Waals surface area contributed by atoms with Crippen molar-refractivity contribution in [2.45, 2.75) is 33.5 Å². The summed E-state index contributed by atoms with van der Waals surface area (Å²) in [5.74, 6) is -0.380. The maximum absolute atomic E-state index is 11.2. The molecule has 1 rings (SSSR count). The summed E-state index contributed by atoms with van der Waals surface area (Å²) in [6.07, 6.45) is 1.98. The zero-order chi connectivity index (χ0) is 17.5. The van der Waals surface area contributed by atoms with Crippen molar-refractivity contribution < 1.29 is 28.5 Å². The third-order valence-corrected chi connectivity index (χ3v) is 3.92. The molecule has 0 radical (unpaired) electrons. The van der Waals surface area contributed by atoms with Crippen molar-refractivity contribution >= 4 is 12.3 Å². The van der Waals surface area contributed by atoms with Crippen molar-refractivity contribution in [3.63, 3.8) is 0 Å². The number of hydrogen-bond acceptors (Lipinski definition) is 6. The van der Waals surface area contributed by atoms with Crippen molar-refractivity contribution in [1.29, 1.82) is 0 Å². The minimum Gasteiger partial charge on any atom is -0.490 e. The Balaban J connectivity index is 2.57. The van der Waals surface area contributed by atoms with Gasteiger partial charge in [-0.05, 0) is 6.42 Å². The number of rotatable bonds is 9. The quantitative estimate of drug-likeness (QED) is 0.280. The SMILES string of the molecule is C=CC(=O)OCC1(CC)COC(C(C)(C)COC(=C)C=O)OC1. The van der Waals surface area contributed by atoms with Crippen LogP contribution in [-0.4, -0.2) is 45.0 Å². The predicted molar refractivity (Wildman–Crippen MR) is 84.5 cm³/mol. The van der Waals surface area contributed by atoms with E-state index in [2.05, 4.69) is 13.2 Å². The fraction of sp³-hybridized carbons (Fsp3) is 0.647. The van der Waals surface area contributed by atoms with Crippen LogP contribution in [0, 0.1) is 10.8 Å². The normalized spacial score (nSPS) is 24.6. The van der Waals surface area contributed by atoms with Gasteiger partial charge in [-0.3, -0.25) is 4.79 Å². The third-order valence-electron chi connectivity index (χ3n) is 3.92. The second-order valence-corrected chi connectivity index (χ2v) is 6.48. The molecular formula is C17H26O6. The van der Waals surface area contributed by atoms with Crippen LogP contribution >= 0.6 is 0 Å². The first kappa shape index (κ1) is 19.4. The van der Waals surface area contributed by atoms with Gasteiger partial charge < -0.3 is 18.9 Å². The van der Waals surface area contributed by atoms with Crippen LogP contribution in [0.4, 0.5) is 0 Å². The highest BCUT2D eigenvalue weighted by molar-refractivity contribution is 5.81. The average molecular weight is 326 g/mol. The molecule has 0 unspecified atom stereocenters. The number of carbonyl (C=O) groups excluding carboxylic acids is 2. The highest BCUT2D eigenvalue weighted by atomic mass is 16.7. The van der Waals surface area contributed by atoms with E-state index in [9.17, 15) is 9.59 Å². The number of carbonyl (C=O) groups is 2. The van der Waals surface area contributed by atoms with Crippen molar-refractivity contribution in [3.8, 4) is 0 Å². The molecule has 0 amide bonds. The lowest BCUT2D eigenvalue weighted by molar-refractivity contribution is -0.280. The molecule has 1 aliphatic rings. The van der Waals surface area contributed by atoms with Crippen molar-refractivity contribution in [2.24, 2.45) is 10.8 Å². The van der Waals surface area contributed by atoms with Gasteiger partial charge in [0.25, 0.3) is 0 Å². The first-order valence-electron chi connectivity index (χ1n) is 7.58. The van der Waals surface area contributed by atoms with Crippen LogP contribution in [0.15, 0.2) is 25.0 Å². The van der Waals surface area contributed by atoms with Gasteiger partial charge in [0.15, 0.2) is 18.3 Å². The number of allylic oxidation sites excluding steroid dienone is 1. The molecule has 0 saturated carbocycles. The Morgan fingerprint density at radius 3 is 2.43 bits per heavy atom. The average Bonchev–Trinajstić information content (AvgIpc) is 2.57. The summed E-state index contributed by atoms with van der Waals surface area (Å²) >= 11 is 0. The molecule has 1 aliphatic heterocycles. The van der Waals surface area contributed by atoms with E-state index in [0.29, 0.717) is 19.5 Å². The first-order chi connectivity index (χ1) is 10.8. The van der Waals surface area contributed by atoms with Gasteiger partial charge in [0, 0.05) is 11.5 Å². The first-order valence-corrected chi connectivity index (χ1v) is 7.58. The molecule has 0 aromatic rings. The van der Waals surface area contributed by atoms with Gasteiger partial charge in [-0.15, -0.1) is 0 Å². The second-order valence-electron chi connectivity index (χ2n) is 6.48. The maximum Gasteiger partial charge on any atom is 0.330 e. The van der Waals surface area contributed by atoms with E-state index in [-0.39, 0.29) is 24.4 Å². The summed E-state index contributed by atoms with van der Waals surface area (Å²) in [5.41, 5.74) is -0.817. The number of ether oxygens (including phenoxy) is 4. The molecule has 0 spiro atoms. The smallest absolute Gasteiger partial charge is 0.330 e. The van der Waals surface area contributed by atoms with Crippen LogP contribution in [0.1, 0.15) is 27.2 Å². The molecule has 0 bridgehead atoms. The standard InChI is InChI=1S/C17H26O6/c1-6-14(19)21-10-17(7-2)11-22-15(23-12-17)16(4,5)9-20-13(3)8-18/h6,8,15H,1,3,7,9-12H2,2,4-5H3. The molecule has 0 aliphatic carbocycles.